The van der Waals surface area contributed by atoms with E-state index >= 15 is 0 Å². The molecule has 6 nitrogen and oxygen atoms in total. The summed E-state index contributed by atoms with van der Waals surface area (Å²) < 4.78 is 17.0. The van der Waals surface area contributed by atoms with Crippen LogP contribution in [-0.4, -0.2) is 37.2 Å². The third kappa shape index (κ3) is 65.4. The molecule has 0 bridgehead atoms. The number of hydrogen-bond acceptors (Lipinski definition) is 6. The third-order valence-corrected chi connectivity index (χ3v) is 15.1. The van der Waals surface area contributed by atoms with E-state index in [1.807, 2.05) is 0 Å². The summed E-state index contributed by atoms with van der Waals surface area (Å²) in [5, 5.41) is 0. The van der Waals surface area contributed by atoms with E-state index in [-0.39, 0.29) is 31.1 Å². The predicted molar refractivity (Wildman–Crippen MR) is 348 cm³/mol. The average Bonchev–Trinajstić information content (AvgIpc) is 3.46. The summed E-state index contributed by atoms with van der Waals surface area (Å²) >= 11 is 0. The molecule has 0 saturated carbocycles. The first kappa shape index (κ1) is 76.6. The SMILES string of the molecule is CCCCC/C=C\C/C=C\CCCCCCCCCC(=O)OC(COC(=O)CCCCCCC/C=C\C/C=C\CCCCCC)COC(=O)CCCCCCCCCCCCCCCC/C=C\C/C=C\C/C=C\CCCCCCC. The Balaban J connectivity index is 4.29. The van der Waals surface area contributed by atoms with Crippen molar-refractivity contribution in [2.24, 2.45) is 0 Å². The van der Waals surface area contributed by atoms with Crippen molar-refractivity contribution in [2.75, 3.05) is 13.2 Å². The fourth-order valence-corrected chi connectivity index (χ4v) is 9.87. The molecular weight excluding hydrogens is 985 g/mol. The van der Waals surface area contributed by atoms with Crippen LogP contribution in [0, 0.1) is 0 Å². The van der Waals surface area contributed by atoms with Gasteiger partial charge in [0.05, 0.1) is 0 Å². The van der Waals surface area contributed by atoms with Crippen LogP contribution >= 0.6 is 0 Å². The highest BCUT2D eigenvalue weighted by molar-refractivity contribution is 5.71. The Bertz CT molecular complexity index is 1520. The fourth-order valence-electron chi connectivity index (χ4n) is 9.87. The first-order valence-corrected chi connectivity index (χ1v) is 34.6. The quantitative estimate of drug-likeness (QED) is 0.0261. The third-order valence-electron chi connectivity index (χ3n) is 15.1. The molecule has 6 heteroatoms. The second-order valence-corrected chi connectivity index (χ2v) is 23.1. The largest absolute Gasteiger partial charge is 0.462 e. The first-order chi connectivity index (χ1) is 39.5. The van der Waals surface area contributed by atoms with Gasteiger partial charge in [-0.05, 0) is 122 Å². The number of ether oxygens (including phenoxy) is 3. The molecule has 0 N–H and O–H groups in total. The standard InChI is InChI=1S/C74H130O6/c1-4-7-10-13-16-19-22-25-28-31-32-33-34-35-36-37-38-39-40-41-42-44-46-49-52-55-58-61-64-67-73(76)79-70-71(69-78-72(75)66-63-60-57-54-51-48-45-30-27-24-21-18-15-12-9-6-3)80-74(77)68-65-62-59-56-53-50-47-43-29-26-23-20-17-14-11-8-5-2/h17,20-22,24-26,29-32,34-35,45,71H,4-16,18-19,23,27-28,33,36-44,46-70H2,1-3H3/b20-17-,24-21-,25-22-,29-26-,32-31-,35-34-,45-30-. The smallest absolute Gasteiger partial charge is 0.306 e. The molecule has 1 atom stereocenters. The van der Waals surface area contributed by atoms with Crippen LogP contribution in [0.15, 0.2) is 85.1 Å². The van der Waals surface area contributed by atoms with E-state index in [4.69, 9.17) is 14.2 Å². The minimum Gasteiger partial charge on any atom is -0.462 e. The summed E-state index contributed by atoms with van der Waals surface area (Å²) in [4.78, 5) is 38.4. The van der Waals surface area contributed by atoms with Crippen molar-refractivity contribution in [3.63, 3.8) is 0 Å². The number of esters is 3. The Morgan fingerprint density at radius 3 is 0.738 bits per heavy atom. The molecule has 0 radical (unpaired) electrons. The fraction of sp³-hybridized carbons (Fsp3) is 0.770. The molecule has 1 unspecified atom stereocenters. The summed E-state index contributed by atoms with van der Waals surface area (Å²) in [5.41, 5.74) is 0. The van der Waals surface area contributed by atoms with Crippen LogP contribution in [0.3, 0.4) is 0 Å². The minimum atomic E-state index is -0.788. The Labute approximate surface area is 496 Å². The van der Waals surface area contributed by atoms with Crippen molar-refractivity contribution in [2.45, 2.75) is 354 Å². The van der Waals surface area contributed by atoms with Gasteiger partial charge in [-0.15, -0.1) is 0 Å². The summed E-state index contributed by atoms with van der Waals surface area (Å²) in [6.45, 7) is 6.61. The molecule has 0 aromatic rings. The Morgan fingerprint density at radius 1 is 0.250 bits per heavy atom. The highest BCUT2D eigenvalue weighted by Crippen LogP contribution is 2.17. The van der Waals surface area contributed by atoms with Crippen molar-refractivity contribution >= 4 is 17.9 Å². The van der Waals surface area contributed by atoms with Crippen LogP contribution in [-0.2, 0) is 28.6 Å². The second-order valence-electron chi connectivity index (χ2n) is 23.1. The summed E-state index contributed by atoms with van der Waals surface area (Å²) in [6.07, 6.45) is 90.3. The molecule has 0 aromatic heterocycles. The topological polar surface area (TPSA) is 78.9 Å². The predicted octanol–water partition coefficient (Wildman–Crippen LogP) is 23.8. The highest BCUT2D eigenvalue weighted by Gasteiger charge is 2.19. The molecule has 0 aromatic carbocycles. The maximum atomic E-state index is 12.9. The van der Waals surface area contributed by atoms with E-state index in [0.717, 1.165) is 103 Å². The monoisotopic (exact) mass is 1110 g/mol. The molecule has 0 amide bonds. The lowest BCUT2D eigenvalue weighted by Crippen LogP contribution is -2.30. The van der Waals surface area contributed by atoms with Crippen LogP contribution in [0.2, 0.25) is 0 Å². The molecule has 80 heavy (non-hydrogen) atoms. The van der Waals surface area contributed by atoms with E-state index in [2.05, 4.69) is 106 Å². The van der Waals surface area contributed by atoms with Crippen molar-refractivity contribution < 1.29 is 28.6 Å². The molecular formula is C74H130O6. The average molecular weight is 1120 g/mol. The van der Waals surface area contributed by atoms with Crippen LogP contribution in [0.4, 0.5) is 0 Å². The first-order valence-electron chi connectivity index (χ1n) is 34.6. The second kappa shape index (κ2) is 68.1. The molecule has 0 saturated heterocycles. The molecule has 0 aliphatic rings. The van der Waals surface area contributed by atoms with Crippen LogP contribution in [0.1, 0.15) is 348 Å². The van der Waals surface area contributed by atoms with E-state index in [1.165, 1.54) is 205 Å². The van der Waals surface area contributed by atoms with Gasteiger partial charge < -0.3 is 14.2 Å². The van der Waals surface area contributed by atoms with Crippen LogP contribution < -0.4 is 0 Å². The number of carbonyl (C=O) groups is 3. The summed E-state index contributed by atoms with van der Waals surface area (Å²) in [7, 11) is 0. The van der Waals surface area contributed by atoms with E-state index in [0.29, 0.717) is 19.3 Å². The Morgan fingerprint density at radius 2 is 0.450 bits per heavy atom. The van der Waals surface area contributed by atoms with Gasteiger partial charge in [0.15, 0.2) is 6.10 Å². The van der Waals surface area contributed by atoms with Crippen LogP contribution in [0.5, 0.6) is 0 Å². The van der Waals surface area contributed by atoms with Crippen molar-refractivity contribution in [1.82, 2.24) is 0 Å². The summed E-state index contributed by atoms with van der Waals surface area (Å²) in [5.74, 6) is -0.890. The molecule has 0 aliphatic carbocycles. The molecule has 0 heterocycles. The highest BCUT2D eigenvalue weighted by atomic mass is 16.6. The van der Waals surface area contributed by atoms with Gasteiger partial charge in [-0.25, -0.2) is 0 Å². The van der Waals surface area contributed by atoms with Gasteiger partial charge in [0, 0.05) is 19.3 Å². The van der Waals surface area contributed by atoms with Gasteiger partial charge in [0.1, 0.15) is 13.2 Å². The number of unbranched alkanes of at least 4 members (excludes halogenated alkanes) is 38. The van der Waals surface area contributed by atoms with Crippen LogP contribution in [0.25, 0.3) is 0 Å². The number of carbonyl (C=O) groups excluding carboxylic acids is 3. The molecule has 0 spiro atoms. The van der Waals surface area contributed by atoms with Gasteiger partial charge in [-0.1, -0.05) is 292 Å². The maximum Gasteiger partial charge on any atom is 0.306 e. The van der Waals surface area contributed by atoms with E-state index in [1.54, 1.807) is 0 Å². The Hall–Kier alpha value is -3.41. The number of hydrogen-bond donors (Lipinski definition) is 0. The van der Waals surface area contributed by atoms with E-state index in [9.17, 15) is 14.4 Å². The number of allylic oxidation sites excluding steroid dienone is 14. The van der Waals surface area contributed by atoms with Gasteiger partial charge in [0.2, 0.25) is 0 Å². The lowest BCUT2D eigenvalue weighted by Gasteiger charge is -2.18. The zero-order valence-electron chi connectivity index (χ0n) is 53.1. The van der Waals surface area contributed by atoms with E-state index < -0.39 is 6.10 Å². The molecule has 462 valence electrons. The molecule has 0 fully saturated rings. The Kier molecular flexibility index (Phi) is 65.2. The van der Waals surface area contributed by atoms with Crippen molar-refractivity contribution in [3.05, 3.63) is 85.1 Å². The van der Waals surface area contributed by atoms with Crippen molar-refractivity contribution in [3.8, 4) is 0 Å². The molecule has 0 aliphatic heterocycles. The normalized spacial score (nSPS) is 12.6. The maximum absolute atomic E-state index is 12.9. The van der Waals surface area contributed by atoms with Gasteiger partial charge in [0.25, 0.3) is 0 Å². The molecule has 0 rings (SSSR count). The zero-order chi connectivity index (χ0) is 57.8. The van der Waals surface area contributed by atoms with Crippen molar-refractivity contribution in [1.29, 1.82) is 0 Å². The summed E-state index contributed by atoms with van der Waals surface area (Å²) in [6, 6.07) is 0. The van der Waals surface area contributed by atoms with Gasteiger partial charge in [-0.2, -0.15) is 0 Å². The van der Waals surface area contributed by atoms with Gasteiger partial charge >= 0.3 is 17.9 Å². The zero-order valence-corrected chi connectivity index (χ0v) is 53.1. The minimum absolute atomic E-state index is 0.0829. The lowest BCUT2D eigenvalue weighted by atomic mass is 10.0. The lowest BCUT2D eigenvalue weighted by molar-refractivity contribution is -0.167. The van der Waals surface area contributed by atoms with Gasteiger partial charge in [-0.3, -0.25) is 14.4 Å². The number of rotatable bonds is 63.